The molecule has 1 aromatic rings. The van der Waals surface area contributed by atoms with Crippen LogP contribution in [-0.4, -0.2) is 44.7 Å². The molecule has 2 heterocycles. The zero-order chi connectivity index (χ0) is 12.1. The van der Waals surface area contributed by atoms with E-state index < -0.39 is 0 Å². The number of rotatable bonds is 4. The van der Waals surface area contributed by atoms with Crippen LogP contribution in [0.2, 0.25) is 0 Å². The number of likely N-dealkylation sites (tertiary alicyclic amines) is 1. The maximum absolute atomic E-state index is 12.1. The number of amides is 1. The Morgan fingerprint density at radius 2 is 2.35 bits per heavy atom. The highest BCUT2D eigenvalue weighted by molar-refractivity contribution is 5.76. The molecular formula is C11H19N5O. The summed E-state index contributed by atoms with van der Waals surface area (Å²) in [7, 11) is 0. The fraction of sp³-hybridized carbons (Fsp3) is 0.727. The van der Waals surface area contributed by atoms with Crippen molar-refractivity contribution in [2.45, 2.75) is 38.3 Å². The van der Waals surface area contributed by atoms with Gasteiger partial charge in [-0.25, -0.2) is 9.67 Å². The van der Waals surface area contributed by atoms with Crippen molar-refractivity contribution in [3.05, 3.63) is 12.7 Å². The van der Waals surface area contributed by atoms with Crippen molar-refractivity contribution in [1.29, 1.82) is 0 Å². The molecule has 2 rings (SSSR count). The highest BCUT2D eigenvalue weighted by Crippen LogP contribution is 2.19. The fourth-order valence-electron chi connectivity index (χ4n) is 2.37. The molecular weight excluding hydrogens is 218 g/mol. The van der Waals surface area contributed by atoms with E-state index >= 15 is 0 Å². The molecule has 1 saturated heterocycles. The zero-order valence-electron chi connectivity index (χ0n) is 9.96. The molecule has 17 heavy (non-hydrogen) atoms. The van der Waals surface area contributed by atoms with Crippen molar-refractivity contribution in [3.63, 3.8) is 0 Å². The Balaban J connectivity index is 1.96. The molecule has 0 saturated carbocycles. The van der Waals surface area contributed by atoms with Crippen LogP contribution in [0.3, 0.4) is 0 Å². The summed E-state index contributed by atoms with van der Waals surface area (Å²) in [6, 6.07) is 0.310. The molecule has 94 valence electrons. The summed E-state index contributed by atoms with van der Waals surface area (Å²) in [6.07, 6.45) is 7.26. The molecule has 0 bridgehead atoms. The lowest BCUT2D eigenvalue weighted by atomic mass is 9.99. The quantitative estimate of drug-likeness (QED) is 0.800. The molecule has 0 radical (unpaired) electrons. The SMILES string of the molecule is NCCC1CCCCN1C(=O)Cn1cncn1. The number of nitrogens with two attached hydrogens (primary N) is 1. The van der Waals surface area contributed by atoms with Crippen molar-refractivity contribution >= 4 is 5.91 Å². The number of carbonyl (C=O) groups excluding carboxylic acids is 1. The van der Waals surface area contributed by atoms with E-state index in [1.807, 2.05) is 4.90 Å². The topological polar surface area (TPSA) is 77.0 Å². The van der Waals surface area contributed by atoms with Crippen molar-refractivity contribution in [2.24, 2.45) is 5.73 Å². The predicted octanol–water partition coefficient (Wildman–Crippen LogP) is 0.00800. The van der Waals surface area contributed by atoms with Gasteiger partial charge in [0.15, 0.2) is 0 Å². The number of piperidine rings is 1. The van der Waals surface area contributed by atoms with Crippen LogP contribution in [0.15, 0.2) is 12.7 Å². The van der Waals surface area contributed by atoms with Crippen LogP contribution in [0.4, 0.5) is 0 Å². The van der Waals surface area contributed by atoms with Gasteiger partial charge in [-0.15, -0.1) is 0 Å². The molecule has 6 nitrogen and oxygen atoms in total. The highest BCUT2D eigenvalue weighted by Gasteiger charge is 2.25. The molecule has 1 aliphatic heterocycles. The van der Waals surface area contributed by atoms with E-state index in [1.54, 1.807) is 11.0 Å². The molecule has 2 N–H and O–H groups in total. The van der Waals surface area contributed by atoms with Crippen LogP contribution in [0.25, 0.3) is 0 Å². The first-order chi connectivity index (χ1) is 8.31. The summed E-state index contributed by atoms with van der Waals surface area (Å²) < 4.78 is 1.57. The summed E-state index contributed by atoms with van der Waals surface area (Å²) in [5, 5.41) is 3.96. The van der Waals surface area contributed by atoms with Crippen molar-refractivity contribution in [2.75, 3.05) is 13.1 Å². The van der Waals surface area contributed by atoms with Crippen molar-refractivity contribution in [3.8, 4) is 0 Å². The third-order valence-corrected chi connectivity index (χ3v) is 3.21. The van der Waals surface area contributed by atoms with Gasteiger partial charge in [0.1, 0.15) is 19.2 Å². The zero-order valence-corrected chi connectivity index (χ0v) is 9.96. The molecule has 1 aliphatic rings. The molecule has 1 amide bonds. The van der Waals surface area contributed by atoms with Crippen LogP contribution in [0.5, 0.6) is 0 Å². The van der Waals surface area contributed by atoms with Crippen LogP contribution in [-0.2, 0) is 11.3 Å². The van der Waals surface area contributed by atoms with Gasteiger partial charge in [0.25, 0.3) is 0 Å². The molecule has 1 aromatic heterocycles. The van der Waals surface area contributed by atoms with Gasteiger partial charge in [0.2, 0.25) is 5.91 Å². The summed E-state index contributed by atoms with van der Waals surface area (Å²) in [5.41, 5.74) is 5.59. The predicted molar refractivity (Wildman–Crippen MR) is 63.0 cm³/mol. The second kappa shape index (κ2) is 5.77. The van der Waals surface area contributed by atoms with Gasteiger partial charge in [0, 0.05) is 12.6 Å². The van der Waals surface area contributed by atoms with E-state index in [0.717, 1.165) is 25.8 Å². The molecule has 1 atom stereocenters. The third kappa shape index (κ3) is 3.03. The summed E-state index contributed by atoms with van der Waals surface area (Å²) in [6.45, 7) is 1.76. The first-order valence-electron chi connectivity index (χ1n) is 6.13. The Kier molecular flexibility index (Phi) is 4.08. The number of nitrogens with zero attached hydrogens (tertiary/aromatic N) is 4. The summed E-state index contributed by atoms with van der Waals surface area (Å²) >= 11 is 0. The number of hydrogen-bond acceptors (Lipinski definition) is 4. The maximum atomic E-state index is 12.1. The second-order valence-corrected chi connectivity index (χ2v) is 4.41. The summed E-state index contributed by atoms with van der Waals surface area (Å²) in [5.74, 6) is 0.119. The van der Waals surface area contributed by atoms with Gasteiger partial charge >= 0.3 is 0 Å². The minimum absolute atomic E-state index is 0.119. The molecule has 0 spiro atoms. The molecule has 6 heteroatoms. The van der Waals surface area contributed by atoms with E-state index in [-0.39, 0.29) is 12.5 Å². The highest BCUT2D eigenvalue weighted by atomic mass is 16.2. The normalized spacial score (nSPS) is 20.5. The maximum Gasteiger partial charge on any atom is 0.244 e. The lowest BCUT2D eigenvalue weighted by Crippen LogP contribution is -2.46. The van der Waals surface area contributed by atoms with E-state index in [9.17, 15) is 4.79 Å². The van der Waals surface area contributed by atoms with Crippen LogP contribution < -0.4 is 5.73 Å². The Morgan fingerprint density at radius 3 is 3.06 bits per heavy atom. The molecule has 1 unspecified atom stereocenters. The minimum atomic E-state index is 0.119. The van der Waals surface area contributed by atoms with Gasteiger partial charge < -0.3 is 10.6 Å². The first kappa shape index (κ1) is 12.0. The number of aromatic nitrogens is 3. The van der Waals surface area contributed by atoms with Crippen molar-refractivity contribution in [1.82, 2.24) is 19.7 Å². The lowest BCUT2D eigenvalue weighted by Gasteiger charge is -2.35. The monoisotopic (exact) mass is 237 g/mol. The lowest BCUT2D eigenvalue weighted by molar-refractivity contribution is -0.135. The molecule has 0 aliphatic carbocycles. The van der Waals surface area contributed by atoms with Crippen LogP contribution in [0, 0.1) is 0 Å². The average Bonchev–Trinajstić information content (AvgIpc) is 2.83. The summed E-state index contributed by atoms with van der Waals surface area (Å²) in [4.78, 5) is 17.9. The van der Waals surface area contributed by atoms with Gasteiger partial charge in [-0.05, 0) is 32.2 Å². The van der Waals surface area contributed by atoms with Crippen LogP contribution in [0.1, 0.15) is 25.7 Å². The van der Waals surface area contributed by atoms with Gasteiger partial charge in [0.05, 0.1) is 0 Å². The van der Waals surface area contributed by atoms with E-state index in [2.05, 4.69) is 10.1 Å². The smallest absolute Gasteiger partial charge is 0.244 e. The van der Waals surface area contributed by atoms with E-state index in [1.165, 1.54) is 12.7 Å². The fourth-order valence-corrected chi connectivity index (χ4v) is 2.37. The largest absolute Gasteiger partial charge is 0.338 e. The van der Waals surface area contributed by atoms with Gasteiger partial charge in [-0.1, -0.05) is 0 Å². The van der Waals surface area contributed by atoms with E-state index in [4.69, 9.17) is 5.73 Å². The minimum Gasteiger partial charge on any atom is -0.338 e. The van der Waals surface area contributed by atoms with Gasteiger partial charge in [-0.2, -0.15) is 5.10 Å². The standard InChI is InChI=1S/C11H19N5O/c12-5-4-10-3-1-2-6-16(10)11(17)7-15-9-13-8-14-15/h8-10H,1-7,12H2. The Bertz CT molecular complexity index is 349. The molecule has 1 fully saturated rings. The van der Waals surface area contributed by atoms with Crippen LogP contribution >= 0.6 is 0 Å². The average molecular weight is 237 g/mol. The third-order valence-electron chi connectivity index (χ3n) is 3.21. The first-order valence-corrected chi connectivity index (χ1v) is 6.13. The Labute approximate surface area is 101 Å². The van der Waals surface area contributed by atoms with E-state index in [0.29, 0.717) is 12.6 Å². The Hall–Kier alpha value is -1.43. The molecule has 0 aromatic carbocycles. The number of hydrogen-bond donors (Lipinski definition) is 1. The number of carbonyl (C=O) groups is 1. The second-order valence-electron chi connectivity index (χ2n) is 4.41. The van der Waals surface area contributed by atoms with Crippen molar-refractivity contribution < 1.29 is 4.79 Å². The van der Waals surface area contributed by atoms with Gasteiger partial charge in [-0.3, -0.25) is 4.79 Å². The Morgan fingerprint density at radius 1 is 1.47 bits per heavy atom.